The summed E-state index contributed by atoms with van der Waals surface area (Å²) in [5.41, 5.74) is 0.182. The minimum Gasteiger partial charge on any atom is -0.405 e. The highest BCUT2D eigenvalue weighted by Crippen LogP contribution is 2.28. The van der Waals surface area contributed by atoms with Crippen LogP contribution in [0, 0.1) is 5.82 Å². The first kappa shape index (κ1) is 12.7. The molecular formula is C13H12FN3O3. The highest BCUT2D eigenvalue weighted by atomic mass is 19.1. The fourth-order valence-corrected chi connectivity index (χ4v) is 1.99. The molecular weight excluding hydrogens is 265 g/mol. The van der Waals surface area contributed by atoms with E-state index in [1.165, 1.54) is 18.2 Å². The third-order valence-corrected chi connectivity index (χ3v) is 2.95. The van der Waals surface area contributed by atoms with Crippen LogP contribution in [0.5, 0.6) is 0 Å². The number of carbonyl (C=O) groups is 1. The minimum atomic E-state index is -0.507. The van der Waals surface area contributed by atoms with E-state index in [4.69, 9.17) is 9.15 Å². The summed E-state index contributed by atoms with van der Waals surface area (Å²) in [6, 6.07) is 5.32. The number of amides is 1. The molecule has 0 spiro atoms. The van der Waals surface area contributed by atoms with Gasteiger partial charge < -0.3 is 9.15 Å². The molecule has 1 unspecified atom stereocenters. The summed E-state index contributed by atoms with van der Waals surface area (Å²) in [6.45, 7) is 0.665. The quantitative estimate of drug-likeness (QED) is 0.931. The number of nitrogens with zero attached hydrogens (tertiary/aromatic N) is 2. The second-order valence-corrected chi connectivity index (χ2v) is 4.41. The topological polar surface area (TPSA) is 77.2 Å². The first-order valence-corrected chi connectivity index (χ1v) is 6.24. The SMILES string of the molecule is O=C(Nc1nnc(C2CCCO2)o1)c1cccc(F)c1. The molecule has 1 amide bonds. The van der Waals surface area contributed by atoms with Gasteiger partial charge in [0, 0.05) is 12.2 Å². The summed E-state index contributed by atoms with van der Waals surface area (Å²) in [4.78, 5) is 11.9. The summed E-state index contributed by atoms with van der Waals surface area (Å²) in [6.07, 6.45) is 1.56. The Morgan fingerprint density at radius 3 is 3.05 bits per heavy atom. The summed E-state index contributed by atoms with van der Waals surface area (Å²) in [7, 11) is 0. The molecule has 0 aliphatic carbocycles. The maximum Gasteiger partial charge on any atom is 0.322 e. The number of hydrogen-bond donors (Lipinski definition) is 1. The molecule has 0 saturated carbocycles. The molecule has 1 fully saturated rings. The lowest BCUT2D eigenvalue weighted by atomic mass is 10.2. The highest BCUT2D eigenvalue weighted by Gasteiger charge is 2.24. The van der Waals surface area contributed by atoms with E-state index in [1.807, 2.05) is 0 Å². The van der Waals surface area contributed by atoms with Crippen molar-refractivity contribution in [3.63, 3.8) is 0 Å². The zero-order valence-electron chi connectivity index (χ0n) is 10.5. The number of halogens is 1. The summed E-state index contributed by atoms with van der Waals surface area (Å²) in [5, 5.41) is 9.99. The normalized spacial score (nSPS) is 18.1. The van der Waals surface area contributed by atoms with E-state index in [-0.39, 0.29) is 17.7 Å². The number of benzene rings is 1. The van der Waals surface area contributed by atoms with E-state index in [0.717, 1.165) is 18.9 Å². The number of hydrogen-bond acceptors (Lipinski definition) is 5. The lowest BCUT2D eigenvalue weighted by molar-refractivity contribution is 0.0893. The third-order valence-electron chi connectivity index (χ3n) is 2.95. The first-order valence-electron chi connectivity index (χ1n) is 6.24. The number of carbonyl (C=O) groups excluding carboxylic acids is 1. The first-order chi connectivity index (χ1) is 9.72. The Kier molecular flexibility index (Phi) is 3.42. The Morgan fingerprint density at radius 2 is 2.30 bits per heavy atom. The van der Waals surface area contributed by atoms with Crippen molar-refractivity contribution in [2.45, 2.75) is 18.9 Å². The van der Waals surface area contributed by atoms with Crippen LogP contribution >= 0.6 is 0 Å². The average molecular weight is 277 g/mol. The van der Waals surface area contributed by atoms with Crippen LogP contribution < -0.4 is 5.32 Å². The molecule has 1 saturated heterocycles. The lowest BCUT2D eigenvalue weighted by Gasteiger charge is -2.02. The van der Waals surface area contributed by atoms with Gasteiger partial charge in [-0.15, -0.1) is 5.10 Å². The Morgan fingerprint density at radius 1 is 1.40 bits per heavy atom. The Bertz CT molecular complexity index is 623. The fourth-order valence-electron chi connectivity index (χ4n) is 1.99. The number of nitrogens with one attached hydrogen (secondary N) is 1. The molecule has 1 aliphatic heterocycles. The van der Waals surface area contributed by atoms with Gasteiger partial charge in [-0.05, 0) is 31.0 Å². The van der Waals surface area contributed by atoms with Gasteiger partial charge >= 0.3 is 6.01 Å². The summed E-state index contributed by atoms with van der Waals surface area (Å²) in [5.74, 6) is -0.646. The average Bonchev–Trinajstić information content (AvgIpc) is 3.08. The maximum absolute atomic E-state index is 13.0. The van der Waals surface area contributed by atoms with Gasteiger partial charge in [-0.1, -0.05) is 11.2 Å². The molecule has 20 heavy (non-hydrogen) atoms. The standard InChI is InChI=1S/C13H12FN3O3/c14-9-4-1-3-8(7-9)11(18)15-13-17-16-12(20-13)10-5-2-6-19-10/h1,3-4,7,10H,2,5-6H2,(H,15,17,18). The van der Waals surface area contributed by atoms with Gasteiger partial charge in [0.15, 0.2) is 0 Å². The van der Waals surface area contributed by atoms with E-state index in [2.05, 4.69) is 15.5 Å². The van der Waals surface area contributed by atoms with E-state index in [9.17, 15) is 9.18 Å². The zero-order valence-corrected chi connectivity index (χ0v) is 10.5. The van der Waals surface area contributed by atoms with Crippen molar-refractivity contribution in [2.24, 2.45) is 0 Å². The van der Waals surface area contributed by atoms with E-state index < -0.39 is 11.7 Å². The zero-order chi connectivity index (χ0) is 13.9. The monoisotopic (exact) mass is 277 g/mol. The minimum absolute atomic E-state index is 0.0234. The van der Waals surface area contributed by atoms with Crippen LogP contribution in [-0.2, 0) is 4.74 Å². The molecule has 0 radical (unpaired) electrons. The molecule has 2 heterocycles. The second kappa shape index (κ2) is 5.38. The number of rotatable bonds is 3. The molecule has 2 aromatic rings. The molecule has 0 bridgehead atoms. The van der Waals surface area contributed by atoms with E-state index in [0.29, 0.717) is 12.5 Å². The predicted molar refractivity (Wildman–Crippen MR) is 66.6 cm³/mol. The van der Waals surface area contributed by atoms with Crippen molar-refractivity contribution < 1.29 is 18.3 Å². The van der Waals surface area contributed by atoms with Gasteiger partial charge in [-0.3, -0.25) is 10.1 Å². The number of anilines is 1. The second-order valence-electron chi connectivity index (χ2n) is 4.41. The molecule has 1 aromatic carbocycles. The van der Waals surface area contributed by atoms with Crippen LogP contribution in [0.4, 0.5) is 10.4 Å². The van der Waals surface area contributed by atoms with Crippen molar-refractivity contribution in [1.82, 2.24) is 10.2 Å². The van der Waals surface area contributed by atoms with Gasteiger partial charge in [0.05, 0.1) is 0 Å². The van der Waals surface area contributed by atoms with E-state index >= 15 is 0 Å². The summed E-state index contributed by atoms with van der Waals surface area (Å²) < 4.78 is 23.7. The molecule has 1 aromatic heterocycles. The third kappa shape index (κ3) is 2.67. The van der Waals surface area contributed by atoms with Crippen LogP contribution in [0.25, 0.3) is 0 Å². The van der Waals surface area contributed by atoms with E-state index in [1.54, 1.807) is 0 Å². The van der Waals surface area contributed by atoms with Crippen molar-refractivity contribution in [3.8, 4) is 0 Å². The maximum atomic E-state index is 13.0. The Hall–Kier alpha value is -2.28. The number of ether oxygens (including phenoxy) is 1. The molecule has 1 atom stereocenters. The van der Waals surface area contributed by atoms with Gasteiger partial charge in [0.1, 0.15) is 11.9 Å². The van der Waals surface area contributed by atoms with Crippen molar-refractivity contribution in [1.29, 1.82) is 0 Å². The molecule has 6 nitrogen and oxygen atoms in total. The molecule has 7 heteroatoms. The smallest absolute Gasteiger partial charge is 0.322 e. The molecule has 104 valence electrons. The van der Waals surface area contributed by atoms with Crippen molar-refractivity contribution in [3.05, 3.63) is 41.5 Å². The van der Waals surface area contributed by atoms with Gasteiger partial charge in [0.2, 0.25) is 5.89 Å². The molecule has 1 aliphatic rings. The van der Waals surface area contributed by atoms with Gasteiger partial charge in [0.25, 0.3) is 5.91 Å². The Labute approximate surface area is 113 Å². The fraction of sp³-hybridized carbons (Fsp3) is 0.308. The van der Waals surface area contributed by atoms with Crippen LogP contribution in [0.2, 0.25) is 0 Å². The van der Waals surface area contributed by atoms with Crippen molar-refractivity contribution in [2.75, 3.05) is 11.9 Å². The van der Waals surface area contributed by atoms with Crippen LogP contribution in [0.3, 0.4) is 0 Å². The molecule has 1 N–H and O–H groups in total. The lowest BCUT2D eigenvalue weighted by Crippen LogP contribution is -2.12. The van der Waals surface area contributed by atoms with Gasteiger partial charge in [-0.2, -0.15) is 0 Å². The largest absolute Gasteiger partial charge is 0.405 e. The highest BCUT2D eigenvalue weighted by molar-refractivity contribution is 6.03. The predicted octanol–water partition coefficient (Wildman–Crippen LogP) is 2.31. The Balaban J connectivity index is 1.70. The van der Waals surface area contributed by atoms with Crippen LogP contribution in [0.15, 0.2) is 28.7 Å². The van der Waals surface area contributed by atoms with Crippen molar-refractivity contribution >= 4 is 11.9 Å². The van der Waals surface area contributed by atoms with Gasteiger partial charge in [-0.25, -0.2) is 4.39 Å². The number of aromatic nitrogens is 2. The van der Waals surface area contributed by atoms with Crippen LogP contribution in [0.1, 0.15) is 35.2 Å². The summed E-state index contributed by atoms with van der Waals surface area (Å²) >= 11 is 0. The van der Waals surface area contributed by atoms with Crippen LogP contribution in [-0.4, -0.2) is 22.7 Å². The molecule has 3 rings (SSSR count).